The monoisotopic (exact) mass is 425 g/mol. The zero-order chi connectivity index (χ0) is 20.4. The highest BCUT2D eigenvalue weighted by Gasteiger charge is 2.29. The number of halogens is 1. The Hall–Kier alpha value is -2.63. The van der Waals surface area contributed by atoms with E-state index in [2.05, 4.69) is 17.4 Å². The molecule has 4 nitrogen and oxygen atoms in total. The number of benzene rings is 2. The number of esters is 1. The Morgan fingerprint density at radius 1 is 1.10 bits per heavy atom. The summed E-state index contributed by atoms with van der Waals surface area (Å²) in [6, 6.07) is 15.4. The number of amides is 1. The van der Waals surface area contributed by atoms with E-state index in [1.54, 1.807) is 19.1 Å². The number of carbonyl (C=O) groups excluding carboxylic acids is 2. The number of hydrogen-bond acceptors (Lipinski definition) is 4. The van der Waals surface area contributed by atoms with Gasteiger partial charge in [0.1, 0.15) is 5.00 Å². The fourth-order valence-corrected chi connectivity index (χ4v) is 5.05. The molecule has 0 fully saturated rings. The molecule has 0 unspecified atom stereocenters. The summed E-state index contributed by atoms with van der Waals surface area (Å²) in [5.74, 6) is -0.559. The third-order valence-corrected chi connectivity index (χ3v) is 6.36. The number of hydrogen-bond donors (Lipinski definition) is 1. The highest BCUT2D eigenvalue weighted by atomic mass is 35.5. The van der Waals surface area contributed by atoms with Crippen LogP contribution in [0.25, 0.3) is 10.4 Å². The first-order valence-corrected chi connectivity index (χ1v) is 10.7. The highest BCUT2D eigenvalue weighted by Crippen LogP contribution is 2.45. The molecule has 1 aliphatic carbocycles. The van der Waals surface area contributed by atoms with E-state index in [0.29, 0.717) is 15.6 Å². The van der Waals surface area contributed by atoms with Gasteiger partial charge in [-0.1, -0.05) is 48.0 Å². The smallest absolute Gasteiger partial charge is 0.341 e. The second kappa shape index (κ2) is 8.39. The summed E-state index contributed by atoms with van der Waals surface area (Å²) >= 11 is 7.36. The molecule has 1 amide bonds. The van der Waals surface area contributed by atoms with Crippen LogP contribution in [0, 0.1) is 0 Å². The van der Waals surface area contributed by atoms with E-state index in [1.807, 2.05) is 24.3 Å². The van der Waals surface area contributed by atoms with Gasteiger partial charge >= 0.3 is 5.97 Å². The second-order valence-electron chi connectivity index (χ2n) is 6.84. The predicted octanol–water partition coefficient (Wildman–Crippen LogP) is 5.53. The summed E-state index contributed by atoms with van der Waals surface area (Å²) in [6.45, 7) is 2.07. The number of thiophene rings is 1. The fourth-order valence-electron chi connectivity index (χ4n) is 3.61. The van der Waals surface area contributed by atoms with Crippen LogP contribution in [-0.4, -0.2) is 18.5 Å². The molecule has 2 aromatic carbocycles. The van der Waals surface area contributed by atoms with Crippen LogP contribution in [0.5, 0.6) is 0 Å². The number of rotatable bonds is 5. The molecule has 0 saturated heterocycles. The van der Waals surface area contributed by atoms with Gasteiger partial charge in [0.05, 0.1) is 18.6 Å². The lowest BCUT2D eigenvalue weighted by Gasteiger charge is -2.16. The number of nitrogens with one attached hydrogen (secondary N) is 1. The van der Waals surface area contributed by atoms with Crippen molar-refractivity contribution in [3.8, 4) is 10.4 Å². The highest BCUT2D eigenvalue weighted by molar-refractivity contribution is 7.20. The van der Waals surface area contributed by atoms with Crippen LogP contribution in [0.15, 0.2) is 48.5 Å². The van der Waals surface area contributed by atoms with Crippen LogP contribution < -0.4 is 5.32 Å². The number of ether oxygens (including phenoxy) is 1. The zero-order valence-electron chi connectivity index (χ0n) is 16.0. The summed E-state index contributed by atoms with van der Waals surface area (Å²) in [5.41, 5.74) is 4.70. The van der Waals surface area contributed by atoms with Gasteiger partial charge in [-0.15, -0.1) is 11.3 Å². The molecular formula is C23H20ClNO3S. The second-order valence-corrected chi connectivity index (χ2v) is 8.30. The molecular weight excluding hydrogens is 406 g/mol. The normalized spacial score (nSPS) is 12.1. The van der Waals surface area contributed by atoms with Crippen molar-refractivity contribution >= 4 is 39.8 Å². The Balaban J connectivity index is 1.67. The maximum absolute atomic E-state index is 12.7. The maximum atomic E-state index is 12.7. The Labute approximate surface area is 178 Å². The van der Waals surface area contributed by atoms with E-state index in [-0.39, 0.29) is 24.9 Å². The molecule has 0 aliphatic heterocycles. The summed E-state index contributed by atoms with van der Waals surface area (Å²) in [4.78, 5) is 26.4. The molecule has 148 valence electrons. The van der Waals surface area contributed by atoms with Crippen LogP contribution in [0.4, 0.5) is 5.00 Å². The van der Waals surface area contributed by atoms with Crippen molar-refractivity contribution in [1.29, 1.82) is 0 Å². The van der Waals surface area contributed by atoms with E-state index in [9.17, 15) is 9.59 Å². The molecule has 6 heteroatoms. The van der Waals surface area contributed by atoms with Crippen LogP contribution in [-0.2, 0) is 28.8 Å². The SMILES string of the molecule is CCOC(=O)c1c(NC(=O)Cc2ccc(Cl)cc2)sc2c1CCc1ccccc1-2. The van der Waals surface area contributed by atoms with E-state index in [1.165, 1.54) is 16.9 Å². The minimum Gasteiger partial charge on any atom is -0.462 e. The Morgan fingerprint density at radius 3 is 2.62 bits per heavy atom. The molecule has 1 N–H and O–H groups in total. The summed E-state index contributed by atoms with van der Waals surface area (Å²) in [6.07, 6.45) is 1.83. The molecule has 3 aromatic rings. The minimum absolute atomic E-state index is 0.176. The molecule has 1 aliphatic rings. The molecule has 1 aromatic heterocycles. The number of aryl methyl sites for hydroxylation is 1. The summed E-state index contributed by atoms with van der Waals surface area (Å²) in [7, 11) is 0. The van der Waals surface area contributed by atoms with Gasteiger partial charge in [-0.2, -0.15) is 0 Å². The molecule has 0 radical (unpaired) electrons. The van der Waals surface area contributed by atoms with Gasteiger partial charge in [-0.3, -0.25) is 4.79 Å². The van der Waals surface area contributed by atoms with Gasteiger partial charge < -0.3 is 10.1 Å². The zero-order valence-corrected chi connectivity index (χ0v) is 17.5. The quantitative estimate of drug-likeness (QED) is 0.547. The van der Waals surface area contributed by atoms with E-state index in [4.69, 9.17) is 16.3 Å². The van der Waals surface area contributed by atoms with Crippen molar-refractivity contribution in [2.75, 3.05) is 11.9 Å². The minimum atomic E-state index is -0.383. The van der Waals surface area contributed by atoms with Gasteiger partial charge in [0, 0.05) is 9.90 Å². The summed E-state index contributed by atoms with van der Waals surface area (Å²) < 4.78 is 5.30. The molecule has 4 rings (SSSR count). The van der Waals surface area contributed by atoms with Crippen molar-refractivity contribution in [2.24, 2.45) is 0 Å². The standard InChI is InChI=1S/C23H20ClNO3S/c1-2-28-23(27)20-18-12-9-15-5-3-4-6-17(15)21(18)29-22(20)25-19(26)13-14-7-10-16(24)11-8-14/h3-8,10-11H,2,9,12-13H2,1H3,(H,25,26). The fraction of sp³-hybridized carbons (Fsp3) is 0.217. The molecule has 0 atom stereocenters. The maximum Gasteiger partial charge on any atom is 0.341 e. The number of fused-ring (bicyclic) bond motifs is 3. The lowest BCUT2D eigenvalue weighted by atomic mass is 9.89. The van der Waals surface area contributed by atoms with E-state index < -0.39 is 0 Å². The number of carbonyl (C=O) groups is 2. The average Bonchev–Trinajstić information content (AvgIpc) is 3.08. The van der Waals surface area contributed by atoms with Crippen LogP contribution in [0.1, 0.15) is 34.0 Å². The van der Waals surface area contributed by atoms with E-state index in [0.717, 1.165) is 34.4 Å². The molecule has 0 saturated carbocycles. The Bertz CT molecular complexity index is 1070. The third-order valence-electron chi connectivity index (χ3n) is 4.92. The molecule has 0 bridgehead atoms. The van der Waals surface area contributed by atoms with Crippen molar-refractivity contribution < 1.29 is 14.3 Å². The van der Waals surface area contributed by atoms with Gasteiger partial charge in [0.25, 0.3) is 0 Å². The van der Waals surface area contributed by atoms with Crippen LogP contribution in [0.2, 0.25) is 5.02 Å². The van der Waals surface area contributed by atoms with E-state index >= 15 is 0 Å². The average molecular weight is 426 g/mol. The lowest BCUT2D eigenvalue weighted by Crippen LogP contribution is -2.17. The first-order chi connectivity index (χ1) is 14.1. The topological polar surface area (TPSA) is 55.4 Å². The number of anilines is 1. The van der Waals surface area contributed by atoms with Crippen LogP contribution >= 0.6 is 22.9 Å². The molecule has 0 spiro atoms. The van der Waals surface area contributed by atoms with Crippen molar-refractivity contribution in [3.05, 3.63) is 75.8 Å². The van der Waals surface area contributed by atoms with Gasteiger partial charge in [-0.05, 0) is 54.2 Å². The summed E-state index contributed by atoms with van der Waals surface area (Å²) in [5, 5.41) is 4.13. The van der Waals surface area contributed by atoms with Crippen molar-refractivity contribution in [3.63, 3.8) is 0 Å². The lowest BCUT2D eigenvalue weighted by molar-refractivity contribution is -0.115. The first-order valence-electron chi connectivity index (χ1n) is 9.52. The largest absolute Gasteiger partial charge is 0.462 e. The van der Waals surface area contributed by atoms with Crippen molar-refractivity contribution in [2.45, 2.75) is 26.2 Å². The third kappa shape index (κ3) is 4.07. The van der Waals surface area contributed by atoms with Gasteiger partial charge in [-0.25, -0.2) is 4.79 Å². The Morgan fingerprint density at radius 2 is 1.86 bits per heavy atom. The molecule has 29 heavy (non-hydrogen) atoms. The predicted molar refractivity (Wildman–Crippen MR) is 117 cm³/mol. The van der Waals surface area contributed by atoms with Crippen molar-refractivity contribution in [1.82, 2.24) is 0 Å². The van der Waals surface area contributed by atoms with Gasteiger partial charge in [0.15, 0.2) is 0 Å². The Kier molecular flexibility index (Phi) is 5.69. The molecule has 1 heterocycles. The van der Waals surface area contributed by atoms with Gasteiger partial charge in [0.2, 0.25) is 5.91 Å². The first kappa shape index (κ1) is 19.7. The van der Waals surface area contributed by atoms with Crippen LogP contribution in [0.3, 0.4) is 0 Å².